The molecule has 1 heterocycles. The molecule has 0 saturated carbocycles. The molecule has 34 heavy (non-hydrogen) atoms. The van der Waals surface area contributed by atoms with Crippen molar-refractivity contribution in [2.45, 2.75) is 31.4 Å². The van der Waals surface area contributed by atoms with E-state index in [0.717, 1.165) is 42.1 Å². The Kier molecular flexibility index (Phi) is 8.78. The summed E-state index contributed by atoms with van der Waals surface area (Å²) in [6, 6.07) is 17.1. The third-order valence-electron chi connectivity index (χ3n) is 5.46. The van der Waals surface area contributed by atoms with Crippen molar-refractivity contribution in [2.75, 3.05) is 36.4 Å². The van der Waals surface area contributed by atoms with E-state index in [2.05, 4.69) is 29.0 Å². The standard InChI is InChI=1S/C24H31N5O3S2/c1-4-28(5-2)16-9-17-29(24-26-18(3)22(33-24)34(25,31)32)23(30)27-21-14-12-20(13-15-21)19-10-7-6-8-11-19/h6-8,10-15H,4-5,9,16-17H2,1-3H3,(H3,25,27,30,31,32)/p-1. The van der Waals surface area contributed by atoms with Gasteiger partial charge >= 0.3 is 6.03 Å². The molecule has 0 radical (unpaired) electrons. The van der Waals surface area contributed by atoms with Gasteiger partial charge in [0, 0.05) is 12.2 Å². The highest BCUT2D eigenvalue weighted by Crippen LogP contribution is 2.31. The van der Waals surface area contributed by atoms with Crippen LogP contribution in [-0.4, -0.2) is 50.5 Å². The number of hydrogen-bond acceptors (Lipinski definition) is 6. The molecule has 8 nitrogen and oxygen atoms in total. The lowest BCUT2D eigenvalue weighted by molar-refractivity contribution is 0.255. The van der Waals surface area contributed by atoms with Gasteiger partial charge in [0.2, 0.25) is 0 Å². The number of thiazole rings is 1. The number of carbonyl (C=O) groups is 1. The van der Waals surface area contributed by atoms with Crippen molar-refractivity contribution < 1.29 is 13.2 Å². The number of amides is 2. The lowest BCUT2D eigenvalue weighted by Gasteiger charge is -2.23. The van der Waals surface area contributed by atoms with Gasteiger partial charge in [-0.1, -0.05) is 67.6 Å². The van der Waals surface area contributed by atoms with Crippen LogP contribution in [0.2, 0.25) is 0 Å². The molecule has 0 saturated heterocycles. The first-order chi connectivity index (χ1) is 16.2. The van der Waals surface area contributed by atoms with Gasteiger partial charge in [0.05, 0.1) is 5.69 Å². The molecule has 2 N–H and O–H groups in total. The Balaban J connectivity index is 1.80. The average molecular weight is 501 g/mol. The summed E-state index contributed by atoms with van der Waals surface area (Å²) >= 11 is 0.848. The SMILES string of the molecule is CCN(CC)CCCN(C(=O)Nc1ccc(-c2ccccc2)cc1)c1nc(C)c(S([NH-])(=O)=O)s1. The molecule has 0 fully saturated rings. The third-order valence-corrected chi connectivity index (χ3v) is 8.12. The van der Waals surface area contributed by atoms with Crippen molar-refractivity contribution >= 4 is 38.2 Å². The Hall–Kier alpha value is -2.79. The highest BCUT2D eigenvalue weighted by molar-refractivity contribution is 7.95. The first kappa shape index (κ1) is 25.8. The van der Waals surface area contributed by atoms with Gasteiger partial charge in [0.1, 0.15) is 14.2 Å². The van der Waals surface area contributed by atoms with Crippen LogP contribution < -0.4 is 10.2 Å². The number of nitrogens with one attached hydrogen (secondary N) is 2. The lowest BCUT2D eigenvalue weighted by atomic mass is 10.1. The summed E-state index contributed by atoms with van der Waals surface area (Å²) in [5.74, 6) is 0. The minimum atomic E-state index is -4.16. The Morgan fingerprint density at radius 2 is 1.62 bits per heavy atom. The van der Waals surface area contributed by atoms with Gasteiger partial charge in [-0.3, -0.25) is 4.90 Å². The van der Waals surface area contributed by atoms with Crippen LogP contribution in [0.4, 0.5) is 15.6 Å². The van der Waals surface area contributed by atoms with Crippen LogP contribution >= 0.6 is 11.3 Å². The number of aromatic nitrogens is 1. The second-order valence-electron chi connectivity index (χ2n) is 7.78. The van der Waals surface area contributed by atoms with E-state index in [-0.39, 0.29) is 15.0 Å². The van der Waals surface area contributed by atoms with Crippen LogP contribution in [0.15, 0.2) is 58.8 Å². The second-order valence-corrected chi connectivity index (χ2v) is 10.4. The van der Waals surface area contributed by atoms with Crippen LogP contribution in [0.5, 0.6) is 0 Å². The molecular formula is C24H30N5O3S2-. The van der Waals surface area contributed by atoms with Gasteiger partial charge in [-0.15, -0.1) is 0 Å². The molecule has 2 aromatic carbocycles. The van der Waals surface area contributed by atoms with E-state index in [4.69, 9.17) is 5.14 Å². The number of aryl methyl sites for hydroxylation is 1. The fourth-order valence-corrected chi connectivity index (χ4v) is 5.50. The first-order valence-corrected chi connectivity index (χ1v) is 13.5. The van der Waals surface area contributed by atoms with E-state index < -0.39 is 16.1 Å². The van der Waals surface area contributed by atoms with Crippen LogP contribution in [-0.2, 0) is 10.0 Å². The number of nitrogens with zero attached hydrogens (tertiary/aromatic N) is 3. The molecule has 10 heteroatoms. The van der Waals surface area contributed by atoms with Crippen LogP contribution in [0, 0.1) is 6.92 Å². The number of urea groups is 1. The molecule has 1 aromatic heterocycles. The van der Waals surface area contributed by atoms with Crippen LogP contribution in [0.25, 0.3) is 16.3 Å². The maximum atomic E-state index is 13.2. The summed E-state index contributed by atoms with van der Waals surface area (Å²) < 4.78 is 23.4. The van der Waals surface area contributed by atoms with E-state index in [1.165, 1.54) is 11.8 Å². The van der Waals surface area contributed by atoms with Gasteiger partial charge in [0.15, 0.2) is 5.13 Å². The molecule has 0 unspecified atom stereocenters. The van der Waals surface area contributed by atoms with Crippen molar-refractivity contribution in [3.8, 4) is 11.1 Å². The van der Waals surface area contributed by atoms with Gasteiger partial charge in [-0.2, -0.15) is 0 Å². The quantitative estimate of drug-likeness (QED) is 0.388. The smallest absolute Gasteiger partial charge is 0.328 e. The van der Waals surface area contributed by atoms with Crippen molar-refractivity contribution in [1.29, 1.82) is 0 Å². The Bertz CT molecular complexity index is 1190. The van der Waals surface area contributed by atoms with E-state index in [1.807, 2.05) is 54.6 Å². The molecule has 0 atom stereocenters. The van der Waals surface area contributed by atoms with E-state index in [9.17, 15) is 13.2 Å². The normalized spacial score (nSPS) is 11.6. The maximum Gasteiger partial charge on any atom is 0.328 e. The number of hydrogen-bond donors (Lipinski definition) is 1. The van der Waals surface area contributed by atoms with Crippen molar-refractivity contribution in [1.82, 2.24) is 9.88 Å². The lowest BCUT2D eigenvalue weighted by Crippen LogP contribution is -2.37. The zero-order valence-corrected chi connectivity index (χ0v) is 21.2. The zero-order chi connectivity index (χ0) is 24.7. The highest BCUT2D eigenvalue weighted by Gasteiger charge is 2.23. The van der Waals surface area contributed by atoms with Gasteiger partial charge < -0.3 is 15.4 Å². The van der Waals surface area contributed by atoms with Crippen LogP contribution in [0.1, 0.15) is 26.0 Å². The number of rotatable bonds is 10. The molecule has 0 spiro atoms. The predicted octanol–water partition coefficient (Wildman–Crippen LogP) is 5.63. The molecule has 0 bridgehead atoms. The molecule has 0 aliphatic carbocycles. The minimum Gasteiger partial charge on any atom is -0.559 e. The fraction of sp³-hybridized carbons (Fsp3) is 0.333. The summed E-state index contributed by atoms with van der Waals surface area (Å²) in [5.41, 5.74) is 2.97. The topological polar surface area (TPSA) is 106 Å². The molecule has 3 aromatic rings. The van der Waals surface area contributed by atoms with E-state index >= 15 is 0 Å². The summed E-state index contributed by atoms with van der Waals surface area (Å²) in [5, 5.41) is 10.6. The Labute approximate surface area is 205 Å². The van der Waals surface area contributed by atoms with Crippen LogP contribution in [0.3, 0.4) is 0 Å². The van der Waals surface area contributed by atoms with Crippen molar-refractivity contribution in [3.05, 3.63) is 65.4 Å². The predicted molar refractivity (Wildman–Crippen MR) is 139 cm³/mol. The van der Waals surface area contributed by atoms with Crippen molar-refractivity contribution in [2.24, 2.45) is 0 Å². The molecule has 0 aliphatic rings. The number of benzene rings is 2. The Morgan fingerprint density at radius 3 is 2.18 bits per heavy atom. The largest absolute Gasteiger partial charge is 0.559 e. The molecule has 3 rings (SSSR count). The average Bonchev–Trinajstić information content (AvgIpc) is 3.22. The van der Waals surface area contributed by atoms with Gasteiger partial charge in [-0.25, -0.2) is 18.2 Å². The monoisotopic (exact) mass is 500 g/mol. The molecule has 0 aliphatic heterocycles. The maximum absolute atomic E-state index is 13.2. The minimum absolute atomic E-state index is 0.142. The number of sulfonamides is 1. The van der Waals surface area contributed by atoms with Gasteiger partial charge in [0.25, 0.3) is 0 Å². The molecule has 2 amide bonds. The Morgan fingerprint density at radius 1 is 1.00 bits per heavy atom. The molecular weight excluding hydrogens is 470 g/mol. The second kappa shape index (κ2) is 11.6. The number of anilines is 2. The summed E-state index contributed by atoms with van der Waals surface area (Å²) in [4.78, 5) is 21.2. The highest BCUT2D eigenvalue weighted by atomic mass is 32.2. The molecule has 182 valence electrons. The van der Waals surface area contributed by atoms with E-state index in [0.29, 0.717) is 18.7 Å². The van der Waals surface area contributed by atoms with Gasteiger partial charge in [-0.05, 0) is 56.2 Å². The zero-order valence-electron chi connectivity index (χ0n) is 19.6. The fourth-order valence-electron chi connectivity index (χ4n) is 3.58. The summed E-state index contributed by atoms with van der Waals surface area (Å²) in [7, 11) is -4.16. The first-order valence-electron chi connectivity index (χ1n) is 11.2. The van der Waals surface area contributed by atoms with Crippen molar-refractivity contribution in [3.63, 3.8) is 0 Å². The number of carbonyl (C=O) groups excluding carboxylic acids is 1. The third kappa shape index (κ3) is 6.63. The van der Waals surface area contributed by atoms with E-state index in [1.54, 1.807) is 0 Å². The summed E-state index contributed by atoms with van der Waals surface area (Å²) in [6.07, 6.45) is 0.698. The summed E-state index contributed by atoms with van der Waals surface area (Å²) in [6.45, 7) is 8.70.